The number of esters is 1. The van der Waals surface area contributed by atoms with Gasteiger partial charge in [0.05, 0.1) is 24.9 Å². The Morgan fingerprint density at radius 3 is 2.50 bits per heavy atom. The Morgan fingerprint density at radius 1 is 1.36 bits per heavy atom. The largest absolute Gasteiger partial charge is 0.463 e. The summed E-state index contributed by atoms with van der Waals surface area (Å²) in [6, 6.07) is -0.719. The Hall–Kier alpha value is -1.40. The molecule has 1 aliphatic carbocycles. The Kier molecular flexibility index (Phi) is 7.55. The second kappa shape index (κ2) is 8.90. The average Bonchev–Trinajstić information content (AvgIpc) is 2.47. The molecule has 0 aromatic heterocycles. The van der Waals surface area contributed by atoms with E-state index in [1.165, 1.54) is 6.92 Å². The van der Waals surface area contributed by atoms with Crippen LogP contribution in [0.15, 0.2) is 11.6 Å². The van der Waals surface area contributed by atoms with E-state index < -0.39 is 6.10 Å². The van der Waals surface area contributed by atoms with Crippen LogP contribution in [0.5, 0.6) is 0 Å². The van der Waals surface area contributed by atoms with Gasteiger partial charge in [-0.2, -0.15) is 0 Å². The van der Waals surface area contributed by atoms with Gasteiger partial charge in [0.2, 0.25) is 5.91 Å². The Bertz CT molecular complexity index is 418. The van der Waals surface area contributed by atoms with Crippen molar-refractivity contribution in [1.29, 1.82) is 0 Å². The van der Waals surface area contributed by atoms with Crippen LogP contribution in [-0.2, 0) is 19.1 Å². The first-order valence-corrected chi connectivity index (χ1v) is 7.98. The summed E-state index contributed by atoms with van der Waals surface area (Å²) in [7, 11) is 0. The minimum Gasteiger partial charge on any atom is -0.463 e. The van der Waals surface area contributed by atoms with Crippen LogP contribution in [0.25, 0.3) is 0 Å². The van der Waals surface area contributed by atoms with Crippen LogP contribution in [0.4, 0.5) is 0 Å². The SMILES string of the molecule is CCOC(=O)C1=C[C@H](OC(CC)CC)[C@H](NC(C)=O)[C@@H](N)C1. The quantitative estimate of drug-likeness (QED) is 0.691. The van der Waals surface area contributed by atoms with Crippen LogP contribution < -0.4 is 11.1 Å². The maximum atomic E-state index is 12.0. The van der Waals surface area contributed by atoms with Crippen molar-refractivity contribution >= 4 is 11.9 Å². The van der Waals surface area contributed by atoms with E-state index in [9.17, 15) is 9.59 Å². The molecule has 22 heavy (non-hydrogen) atoms. The van der Waals surface area contributed by atoms with E-state index in [1.807, 2.05) is 13.8 Å². The molecule has 0 aromatic rings. The van der Waals surface area contributed by atoms with Gasteiger partial charge in [-0.25, -0.2) is 4.79 Å². The molecule has 0 unspecified atom stereocenters. The number of ether oxygens (including phenoxy) is 2. The number of hydrogen-bond acceptors (Lipinski definition) is 5. The van der Waals surface area contributed by atoms with Crippen molar-refractivity contribution in [1.82, 2.24) is 5.32 Å². The van der Waals surface area contributed by atoms with E-state index in [0.717, 1.165) is 12.8 Å². The molecule has 3 atom stereocenters. The van der Waals surface area contributed by atoms with Crippen molar-refractivity contribution in [3.8, 4) is 0 Å². The number of amides is 1. The van der Waals surface area contributed by atoms with Gasteiger partial charge in [0.1, 0.15) is 0 Å². The predicted octanol–water partition coefficient (Wildman–Crippen LogP) is 1.29. The molecule has 0 spiro atoms. The molecule has 0 fully saturated rings. The van der Waals surface area contributed by atoms with Gasteiger partial charge in [0.25, 0.3) is 0 Å². The highest BCUT2D eigenvalue weighted by Crippen LogP contribution is 2.24. The highest BCUT2D eigenvalue weighted by Gasteiger charge is 2.35. The summed E-state index contributed by atoms with van der Waals surface area (Å²) < 4.78 is 11.1. The molecule has 1 aliphatic rings. The molecular weight excluding hydrogens is 284 g/mol. The van der Waals surface area contributed by atoms with E-state index >= 15 is 0 Å². The Morgan fingerprint density at radius 2 is 2.00 bits per heavy atom. The first-order valence-electron chi connectivity index (χ1n) is 7.98. The molecule has 0 heterocycles. The molecule has 3 N–H and O–H groups in total. The van der Waals surface area contributed by atoms with Crippen molar-refractivity contribution < 1.29 is 19.1 Å². The molecule has 0 saturated heterocycles. The number of carbonyl (C=O) groups is 2. The topological polar surface area (TPSA) is 90.6 Å². The van der Waals surface area contributed by atoms with Crippen LogP contribution >= 0.6 is 0 Å². The molecule has 0 saturated carbocycles. The number of nitrogens with two attached hydrogens (primary N) is 1. The van der Waals surface area contributed by atoms with Gasteiger partial charge in [-0.05, 0) is 32.3 Å². The lowest BCUT2D eigenvalue weighted by Gasteiger charge is -2.36. The lowest BCUT2D eigenvalue weighted by molar-refractivity contribution is -0.139. The number of rotatable bonds is 7. The van der Waals surface area contributed by atoms with Gasteiger partial charge in [-0.1, -0.05) is 13.8 Å². The summed E-state index contributed by atoms with van der Waals surface area (Å²) in [5, 5.41) is 2.84. The molecule has 0 aliphatic heterocycles. The fourth-order valence-electron chi connectivity index (χ4n) is 2.62. The molecule has 1 rings (SSSR count). The van der Waals surface area contributed by atoms with Gasteiger partial charge >= 0.3 is 5.97 Å². The van der Waals surface area contributed by atoms with Crippen molar-refractivity contribution in [2.24, 2.45) is 5.73 Å². The summed E-state index contributed by atoms with van der Waals surface area (Å²) in [6.07, 6.45) is 3.48. The fraction of sp³-hybridized carbons (Fsp3) is 0.750. The van der Waals surface area contributed by atoms with Crippen LogP contribution in [0.1, 0.15) is 47.0 Å². The maximum Gasteiger partial charge on any atom is 0.333 e. The van der Waals surface area contributed by atoms with E-state index in [-0.39, 0.29) is 30.1 Å². The normalized spacial score (nSPS) is 24.8. The van der Waals surface area contributed by atoms with Crippen molar-refractivity contribution in [2.75, 3.05) is 6.61 Å². The first kappa shape index (κ1) is 18.6. The van der Waals surface area contributed by atoms with Crippen LogP contribution in [0.2, 0.25) is 0 Å². The molecule has 6 nitrogen and oxygen atoms in total. The summed E-state index contributed by atoms with van der Waals surface area (Å²) in [6.45, 7) is 7.62. The lowest BCUT2D eigenvalue weighted by atomic mass is 9.88. The second-order valence-electron chi connectivity index (χ2n) is 5.55. The predicted molar refractivity (Wildman–Crippen MR) is 84.2 cm³/mol. The first-order chi connectivity index (χ1) is 10.4. The van der Waals surface area contributed by atoms with Gasteiger partial charge in [-0.15, -0.1) is 0 Å². The number of hydrogen-bond donors (Lipinski definition) is 2. The average molecular weight is 312 g/mol. The smallest absolute Gasteiger partial charge is 0.333 e. The van der Waals surface area contributed by atoms with Crippen molar-refractivity contribution in [3.05, 3.63) is 11.6 Å². The summed E-state index contributed by atoms with van der Waals surface area (Å²) in [5.74, 6) is -0.524. The molecule has 126 valence electrons. The maximum absolute atomic E-state index is 12.0. The zero-order valence-electron chi connectivity index (χ0n) is 13.9. The van der Waals surface area contributed by atoms with Crippen molar-refractivity contribution in [3.63, 3.8) is 0 Å². The zero-order chi connectivity index (χ0) is 16.7. The van der Waals surface area contributed by atoms with Gasteiger partial charge in [-0.3, -0.25) is 4.79 Å². The number of nitrogens with one attached hydrogen (secondary N) is 1. The fourth-order valence-corrected chi connectivity index (χ4v) is 2.62. The van der Waals surface area contributed by atoms with Gasteiger partial charge < -0.3 is 20.5 Å². The lowest BCUT2D eigenvalue weighted by Crippen LogP contribution is -2.57. The monoisotopic (exact) mass is 312 g/mol. The van der Waals surface area contributed by atoms with E-state index in [1.54, 1.807) is 13.0 Å². The molecule has 0 aromatic carbocycles. The van der Waals surface area contributed by atoms with Crippen LogP contribution in [0.3, 0.4) is 0 Å². The molecule has 6 heteroatoms. The molecule has 0 bridgehead atoms. The van der Waals surface area contributed by atoms with Crippen LogP contribution in [-0.4, -0.2) is 42.8 Å². The highest BCUT2D eigenvalue weighted by atomic mass is 16.5. The standard InChI is InChI=1S/C16H28N2O4/c1-5-12(6-2)22-14-9-11(16(20)21-7-3)8-13(17)15(14)18-10(4)19/h9,12-15H,5-8,17H2,1-4H3,(H,18,19)/t13-,14-,15+/m0/s1. The van der Waals surface area contributed by atoms with Gasteiger partial charge in [0.15, 0.2) is 0 Å². The summed E-state index contributed by atoms with van der Waals surface area (Å²) >= 11 is 0. The molecular formula is C16H28N2O4. The minimum absolute atomic E-state index is 0.0613. The third kappa shape index (κ3) is 5.10. The molecule has 1 amide bonds. The minimum atomic E-state index is -0.419. The Balaban J connectivity index is 2.98. The molecule has 0 radical (unpaired) electrons. The van der Waals surface area contributed by atoms with E-state index in [0.29, 0.717) is 18.6 Å². The van der Waals surface area contributed by atoms with E-state index in [2.05, 4.69) is 5.32 Å². The second-order valence-corrected chi connectivity index (χ2v) is 5.55. The van der Waals surface area contributed by atoms with Gasteiger partial charge in [0, 0.05) is 18.5 Å². The Labute approximate surface area is 132 Å². The summed E-state index contributed by atoms with van der Waals surface area (Å²) in [5.41, 5.74) is 6.68. The third-order valence-electron chi connectivity index (χ3n) is 3.80. The van der Waals surface area contributed by atoms with E-state index in [4.69, 9.17) is 15.2 Å². The third-order valence-corrected chi connectivity index (χ3v) is 3.80. The summed E-state index contributed by atoms with van der Waals surface area (Å²) in [4.78, 5) is 23.4. The zero-order valence-corrected chi connectivity index (χ0v) is 13.9. The van der Waals surface area contributed by atoms with Crippen LogP contribution in [0, 0.1) is 0 Å². The van der Waals surface area contributed by atoms with Crippen molar-refractivity contribution in [2.45, 2.75) is 71.2 Å². The highest BCUT2D eigenvalue weighted by molar-refractivity contribution is 5.89. The number of carbonyl (C=O) groups excluding carboxylic acids is 2.